The summed E-state index contributed by atoms with van der Waals surface area (Å²) >= 11 is 0. The molecule has 0 bridgehead atoms. The van der Waals surface area contributed by atoms with E-state index in [4.69, 9.17) is 4.74 Å². The van der Waals surface area contributed by atoms with E-state index in [0.29, 0.717) is 0 Å². The van der Waals surface area contributed by atoms with Crippen molar-refractivity contribution < 1.29 is 27.4 Å². The molecule has 2 N–H and O–H groups in total. The number of nitrogens with one attached hydrogen (secondary N) is 1. The van der Waals surface area contributed by atoms with Crippen LogP contribution in [0.5, 0.6) is 11.5 Å². The molecule has 224 valence electrons. The fraction of sp³-hybridized carbons (Fsp3) is 0.182. The second-order valence-corrected chi connectivity index (χ2v) is 13.0. The Labute approximate surface area is 254 Å². The third-order valence-corrected chi connectivity index (χ3v) is 9.98. The van der Waals surface area contributed by atoms with Crippen molar-refractivity contribution in [3.05, 3.63) is 131 Å². The lowest BCUT2D eigenvalue weighted by Gasteiger charge is -2.37. The summed E-state index contributed by atoms with van der Waals surface area (Å²) < 4.78 is 50.5. The number of nitrogens with zero attached hydrogens (tertiary/aromatic N) is 3. The molecular weight excluding hydrogens is 583 g/mol. The van der Waals surface area contributed by atoms with E-state index in [1.165, 1.54) is 48.9 Å². The third-order valence-electron chi connectivity index (χ3n) is 7.80. The van der Waals surface area contributed by atoms with Gasteiger partial charge in [-0.15, -0.1) is 6.58 Å². The summed E-state index contributed by atoms with van der Waals surface area (Å²) in [7, 11) is -4.14. The molecule has 1 aromatic heterocycles. The van der Waals surface area contributed by atoms with Crippen LogP contribution in [-0.4, -0.2) is 35.2 Å². The maximum Gasteiger partial charge on any atom is 0.279 e. The number of hydrogen-bond donors (Lipinski definition) is 2. The molecular formula is C33H29FN4O5S. The monoisotopic (exact) mass is 612 g/mol. The van der Waals surface area contributed by atoms with Gasteiger partial charge in [-0.2, -0.15) is 0 Å². The lowest BCUT2D eigenvalue weighted by Crippen LogP contribution is -2.41. The Morgan fingerprint density at radius 1 is 1.18 bits per heavy atom. The van der Waals surface area contributed by atoms with Crippen molar-refractivity contribution in [2.24, 2.45) is 5.41 Å². The summed E-state index contributed by atoms with van der Waals surface area (Å²) in [5.74, 6) is -1.82. The Hall–Kier alpha value is -5.03. The SMILES string of the molecule is C=CC1(C)CC2=C(C(c3ccc(OCc4ccccc4)cc3F)N(C(=O)c3cnccn3)c3cccc(O)c3N2)S(=O)(=O)C1. The average Bonchev–Trinajstić information content (AvgIpc) is 3.16. The van der Waals surface area contributed by atoms with Crippen LogP contribution in [0.1, 0.15) is 41.0 Å². The quantitative estimate of drug-likeness (QED) is 0.203. The molecule has 3 aromatic carbocycles. The number of sulfone groups is 1. The Morgan fingerprint density at radius 3 is 2.68 bits per heavy atom. The number of allylic oxidation sites excluding steroid dienone is 2. The van der Waals surface area contributed by atoms with Gasteiger partial charge in [0.25, 0.3) is 5.91 Å². The van der Waals surface area contributed by atoms with Gasteiger partial charge >= 0.3 is 0 Å². The van der Waals surface area contributed by atoms with Crippen molar-refractivity contribution in [3.8, 4) is 11.5 Å². The number of hydrogen-bond acceptors (Lipinski definition) is 8. The van der Waals surface area contributed by atoms with Crippen LogP contribution < -0.4 is 15.0 Å². The van der Waals surface area contributed by atoms with Crippen molar-refractivity contribution in [2.75, 3.05) is 16.0 Å². The molecule has 0 saturated carbocycles. The third kappa shape index (κ3) is 5.30. The number of halogens is 1. The lowest BCUT2D eigenvalue weighted by atomic mass is 9.86. The highest BCUT2D eigenvalue weighted by Crippen LogP contribution is 2.52. The van der Waals surface area contributed by atoms with E-state index < -0.39 is 33.0 Å². The number of rotatable bonds is 6. The second-order valence-electron chi connectivity index (χ2n) is 11.1. The zero-order valence-corrected chi connectivity index (χ0v) is 24.6. The maximum atomic E-state index is 16.3. The van der Waals surface area contributed by atoms with Crippen LogP contribution in [0.2, 0.25) is 0 Å². The van der Waals surface area contributed by atoms with Crippen LogP contribution in [0.15, 0.2) is 109 Å². The Morgan fingerprint density at radius 2 is 1.98 bits per heavy atom. The normalized spacial score (nSPS) is 20.5. The summed E-state index contributed by atoms with van der Waals surface area (Å²) in [6, 6.07) is 16.5. The van der Waals surface area contributed by atoms with Crippen molar-refractivity contribution in [3.63, 3.8) is 0 Å². The first kappa shape index (κ1) is 29.1. The predicted octanol–water partition coefficient (Wildman–Crippen LogP) is 5.94. The Balaban J connectivity index is 1.56. The number of carbonyl (C=O) groups is 1. The first-order valence-electron chi connectivity index (χ1n) is 13.8. The predicted molar refractivity (Wildman–Crippen MR) is 164 cm³/mol. The fourth-order valence-corrected chi connectivity index (χ4v) is 7.99. The van der Waals surface area contributed by atoms with E-state index in [2.05, 4.69) is 21.9 Å². The van der Waals surface area contributed by atoms with Crippen LogP contribution in [-0.2, 0) is 16.4 Å². The molecule has 2 aliphatic rings. The number of ether oxygens (including phenoxy) is 1. The summed E-state index contributed by atoms with van der Waals surface area (Å²) in [5, 5.41) is 14.1. The molecule has 4 aromatic rings. The minimum atomic E-state index is -4.14. The summed E-state index contributed by atoms with van der Waals surface area (Å²) in [4.78, 5) is 23.4. The van der Waals surface area contributed by atoms with Gasteiger partial charge in [-0.05, 0) is 36.2 Å². The smallest absolute Gasteiger partial charge is 0.279 e. The van der Waals surface area contributed by atoms with Crippen LogP contribution in [0.3, 0.4) is 0 Å². The Kier molecular flexibility index (Phi) is 7.42. The van der Waals surface area contributed by atoms with E-state index in [-0.39, 0.29) is 63.5 Å². The number of anilines is 2. The van der Waals surface area contributed by atoms with Crippen LogP contribution in [0, 0.1) is 11.2 Å². The number of aromatic nitrogens is 2. The van der Waals surface area contributed by atoms with Gasteiger partial charge in [0.2, 0.25) is 0 Å². The van der Waals surface area contributed by atoms with Crippen molar-refractivity contribution in [1.82, 2.24) is 9.97 Å². The average molecular weight is 613 g/mol. The zero-order chi connectivity index (χ0) is 31.1. The van der Waals surface area contributed by atoms with Gasteiger partial charge in [0, 0.05) is 35.1 Å². The number of fused-ring (bicyclic) bond motifs is 1. The lowest BCUT2D eigenvalue weighted by molar-refractivity contribution is 0.0975. The molecule has 1 amide bonds. The number of amides is 1. The van der Waals surface area contributed by atoms with E-state index in [9.17, 15) is 18.3 Å². The minimum absolute atomic E-state index is 0.0782. The number of phenolic OH excluding ortho intramolecular Hbond substituents is 1. The van der Waals surface area contributed by atoms with Crippen molar-refractivity contribution in [2.45, 2.75) is 26.0 Å². The highest BCUT2D eigenvalue weighted by atomic mass is 32.2. The molecule has 2 aliphatic heterocycles. The molecule has 9 nitrogen and oxygen atoms in total. The van der Waals surface area contributed by atoms with Crippen LogP contribution >= 0.6 is 0 Å². The molecule has 3 heterocycles. The maximum absolute atomic E-state index is 16.3. The van der Waals surface area contributed by atoms with Crippen LogP contribution in [0.25, 0.3) is 0 Å². The number of para-hydroxylation sites is 1. The Bertz CT molecular complexity index is 1900. The summed E-state index contributed by atoms with van der Waals surface area (Å²) in [5.41, 5.74) is 0.319. The fourth-order valence-electron chi connectivity index (χ4n) is 5.68. The van der Waals surface area contributed by atoms with Gasteiger partial charge in [-0.1, -0.05) is 49.4 Å². The van der Waals surface area contributed by atoms with E-state index in [1.54, 1.807) is 19.1 Å². The number of phenols is 1. The molecule has 0 fully saturated rings. The molecule has 0 radical (unpaired) electrons. The first-order chi connectivity index (χ1) is 21.1. The van der Waals surface area contributed by atoms with Gasteiger partial charge in [0.15, 0.2) is 9.84 Å². The highest BCUT2D eigenvalue weighted by molar-refractivity contribution is 7.95. The zero-order valence-electron chi connectivity index (χ0n) is 23.8. The van der Waals surface area contributed by atoms with Gasteiger partial charge in [-0.3, -0.25) is 14.7 Å². The molecule has 44 heavy (non-hydrogen) atoms. The molecule has 0 aliphatic carbocycles. The number of aromatic hydroxyl groups is 1. The largest absolute Gasteiger partial charge is 0.506 e. The van der Waals surface area contributed by atoms with Gasteiger partial charge < -0.3 is 15.2 Å². The molecule has 0 saturated heterocycles. The highest BCUT2D eigenvalue weighted by Gasteiger charge is 2.48. The molecule has 0 spiro atoms. The van der Waals surface area contributed by atoms with E-state index in [0.717, 1.165) is 10.5 Å². The molecule has 2 atom stereocenters. The standard InChI is InChI=1S/C33H29FN4O5S/c1-3-33(2)17-25-31(44(41,42)20-33)30(23-13-12-22(16-24(23)34)43-19-21-8-5-4-6-9-21)38(32(40)26-18-35-14-15-36-26)27-10-7-11-28(39)29(27)37-25/h3-16,18,30,37,39H,1,17,19-20H2,2H3. The van der Waals surface area contributed by atoms with Crippen LogP contribution in [0.4, 0.5) is 15.8 Å². The van der Waals surface area contributed by atoms with Gasteiger partial charge in [-0.25, -0.2) is 17.8 Å². The second kappa shape index (κ2) is 11.2. The number of benzene rings is 3. The van der Waals surface area contributed by atoms with Crippen molar-refractivity contribution >= 4 is 27.1 Å². The van der Waals surface area contributed by atoms with Gasteiger partial charge in [0.05, 0.1) is 22.5 Å². The van der Waals surface area contributed by atoms with Gasteiger partial charge in [0.1, 0.15) is 41.3 Å². The minimum Gasteiger partial charge on any atom is -0.506 e. The summed E-state index contributed by atoms with van der Waals surface area (Å²) in [6.45, 7) is 5.81. The molecule has 6 rings (SSSR count). The first-order valence-corrected chi connectivity index (χ1v) is 15.5. The van der Waals surface area contributed by atoms with Crippen molar-refractivity contribution in [1.29, 1.82) is 0 Å². The topological polar surface area (TPSA) is 122 Å². The molecule has 2 unspecified atom stereocenters. The van der Waals surface area contributed by atoms with E-state index >= 15 is 4.39 Å². The molecule has 11 heteroatoms. The van der Waals surface area contributed by atoms with E-state index in [1.807, 2.05) is 30.3 Å². The summed E-state index contributed by atoms with van der Waals surface area (Å²) in [6.07, 6.45) is 5.73. The number of carbonyl (C=O) groups excluding carboxylic acids is 1.